The summed E-state index contributed by atoms with van der Waals surface area (Å²) < 4.78 is 0. The SMILES string of the molecule is S=C(Nc1ccccc1)Nc1ccc(C23C[C@H]4C[C@@H](CC(c5ccccc5)(C4)C2)C3)cc1. The van der Waals surface area contributed by atoms with E-state index in [4.69, 9.17) is 12.2 Å². The Morgan fingerprint density at radius 1 is 0.625 bits per heavy atom. The number of rotatable bonds is 4. The third-order valence-electron chi connectivity index (χ3n) is 8.23. The third kappa shape index (κ3) is 3.53. The highest BCUT2D eigenvalue weighted by Gasteiger charge is 2.58. The summed E-state index contributed by atoms with van der Waals surface area (Å²) in [5.74, 6) is 1.74. The van der Waals surface area contributed by atoms with Gasteiger partial charge >= 0.3 is 0 Å². The number of nitrogens with one attached hydrogen (secondary N) is 2. The highest BCUT2D eigenvalue weighted by molar-refractivity contribution is 7.80. The van der Waals surface area contributed by atoms with Gasteiger partial charge in [-0.25, -0.2) is 0 Å². The molecule has 3 aromatic rings. The predicted octanol–water partition coefficient (Wildman–Crippen LogP) is 7.29. The largest absolute Gasteiger partial charge is 0.332 e. The van der Waals surface area contributed by atoms with Gasteiger partial charge in [0.1, 0.15) is 0 Å². The lowest BCUT2D eigenvalue weighted by atomic mass is 9.42. The van der Waals surface area contributed by atoms with E-state index < -0.39 is 0 Å². The van der Waals surface area contributed by atoms with Gasteiger partial charge in [0, 0.05) is 11.4 Å². The average Bonchev–Trinajstić information content (AvgIpc) is 2.80. The van der Waals surface area contributed by atoms with E-state index in [1.807, 2.05) is 30.3 Å². The van der Waals surface area contributed by atoms with E-state index in [2.05, 4.69) is 65.2 Å². The van der Waals surface area contributed by atoms with E-state index in [9.17, 15) is 0 Å². The molecule has 3 heteroatoms. The molecule has 4 fully saturated rings. The van der Waals surface area contributed by atoms with E-state index in [1.54, 1.807) is 5.56 Å². The quantitative estimate of drug-likeness (QED) is 0.418. The zero-order valence-corrected chi connectivity index (χ0v) is 19.2. The maximum atomic E-state index is 5.51. The first-order chi connectivity index (χ1) is 15.6. The van der Waals surface area contributed by atoms with E-state index in [0.29, 0.717) is 15.9 Å². The second-order valence-electron chi connectivity index (χ2n) is 10.4. The van der Waals surface area contributed by atoms with Gasteiger partial charge in [0.2, 0.25) is 0 Å². The van der Waals surface area contributed by atoms with Crippen LogP contribution in [0.25, 0.3) is 0 Å². The van der Waals surface area contributed by atoms with Crippen molar-refractivity contribution in [2.45, 2.75) is 49.4 Å². The maximum absolute atomic E-state index is 5.51. The number of hydrogen-bond acceptors (Lipinski definition) is 1. The number of benzene rings is 3. The fourth-order valence-electron chi connectivity index (χ4n) is 7.45. The van der Waals surface area contributed by atoms with Crippen LogP contribution in [0, 0.1) is 11.8 Å². The molecule has 2 nitrogen and oxygen atoms in total. The van der Waals surface area contributed by atoms with Crippen LogP contribution in [-0.4, -0.2) is 5.11 Å². The van der Waals surface area contributed by atoms with Crippen LogP contribution in [-0.2, 0) is 10.8 Å². The molecule has 0 spiro atoms. The molecule has 32 heavy (non-hydrogen) atoms. The van der Waals surface area contributed by atoms with Crippen molar-refractivity contribution in [1.29, 1.82) is 0 Å². The lowest BCUT2D eigenvalue weighted by Gasteiger charge is -2.62. The minimum absolute atomic E-state index is 0.335. The monoisotopic (exact) mass is 438 g/mol. The Kier molecular flexibility index (Phi) is 4.83. The molecule has 4 saturated carbocycles. The van der Waals surface area contributed by atoms with E-state index in [0.717, 1.165) is 23.2 Å². The first-order valence-corrected chi connectivity index (χ1v) is 12.3. The summed E-state index contributed by atoms with van der Waals surface area (Å²) in [4.78, 5) is 0. The highest BCUT2D eigenvalue weighted by Crippen LogP contribution is 2.66. The van der Waals surface area contributed by atoms with Crippen LogP contribution in [0.4, 0.5) is 11.4 Å². The minimum Gasteiger partial charge on any atom is -0.332 e. The summed E-state index contributed by atoms with van der Waals surface area (Å²) in [5, 5.41) is 7.23. The van der Waals surface area contributed by atoms with Crippen LogP contribution in [0.3, 0.4) is 0 Å². The molecule has 0 radical (unpaired) electrons. The van der Waals surface area contributed by atoms with Gasteiger partial charge in [-0.1, -0.05) is 60.7 Å². The van der Waals surface area contributed by atoms with Crippen LogP contribution in [0.2, 0.25) is 0 Å². The van der Waals surface area contributed by atoms with Gasteiger partial charge in [-0.05, 0) is 109 Å². The Morgan fingerprint density at radius 2 is 1.09 bits per heavy atom. The number of anilines is 2. The normalized spacial score (nSPS) is 30.1. The lowest BCUT2D eigenvalue weighted by molar-refractivity contribution is -0.0281. The van der Waals surface area contributed by atoms with Gasteiger partial charge in [-0.2, -0.15) is 0 Å². The van der Waals surface area contributed by atoms with Crippen LogP contribution in [0.5, 0.6) is 0 Å². The minimum atomic E-state index is 0.335. The van der Waals surface area contributed by atoms with Crippen molar-refractivity contribution < 1.29 is 0 Å². The molecule has 162 valence electrons. The van der Waals surface area contributed by atoms with Gasteiger partial charge in [-0.3, -0.25) is 0 Å². The smallest absolute Gasteiger partial charge is 0.175 e. The fourth-order valence-corrected chi connectivity index (χ4v) is 7.69. The molecule has 2 atom stereocenters. The molecule has 0 aromatic heterocycles. The highest BCUT2D eigenvalue weighted by atomic mass is 32.1. The van der Waals surface area contributed by atoms with Crippen molar-refractivity contribution in [3.05, 3.63) is 96.1 Å². The van der Waals surface area contributed by atoms with E-state index >= 15 is 0 Å². The van der Waals surface area contributed by atoms with Gasteiger partial charge in [0.25, 0.3) is 0 Å². The summed E-state index contributed by atoms with van der Waals surface area (Å²) in [6.45, 7) is 0. The molecule has 0 saturated heterocycles. The van der Waals surface area contributed by atoms with Crippen LogP contribution >= 0.6 is 12.2 Å². The molecule has 0 aliphatic heterocycles. The zero-order valence-electron chi connectivity index (χ0n) is 18.4. The number of thiocarbonyl (C=S) groups is 1. The van der Waals surface area contributed by atoms with Crippen molar-refractivity contribution in [3.63, 3.8) is 0 Å². The molecule has 4 bridgehead atoms. The van der Waals surface area contributed by atoms with Crippen molar-refractivity contribution in [2.75, 3.05) is 10.6 Å². The Morgan fingerprint density at radius 3 is 1.66 bits per heavy atom. The standard InChI is InChI=1S/C29H30N2S/c32-27(30-25-9-5-2-6-10-25)31-26-13-11-24(12-14-26)29-18-21-15-22(19-29)17-28(16-21,20-29)23-7-3-1-4-8-23/h1-14,21-22H,15-20H2,(H2,30,31,32)/t21-,22-,28?,29?/m0/s1. The summed E-state index contributed by atoms with van der Waals surface area (Å²) in [6.07, 6.45) is 8.23. The van der Waals surface area contributed by atoms with Crippen molar-refractivity contribution in [3.8, 4) is 0 Å². The van der Waals surface area contributed by atoms with Gasteiger partial charge < -0.3 is 10.6 Å². The molecule has 4 aliphatic carbocycles. The summed E-state index contributed by atoms with van der Waals surface area (Å²) in [7, 11) is 0. The third-order valence-corrected chi connectivity index (χ3v) is 8.44. The van der Waals surface area contributed by atoms with Gasteiger partial charge in [0.05, 0.1) is 0 Å². The van der Waals surface area contributed by atoms with Crippen LogP contribution < -0.4 is 10.6 Å². The lowest BCUT2D eigenvalue weighted by Crippen LogP contribution is -2.55. The summed E-state index contributed by atoms with van der Waals surface area (Å²) >= 11 is 5.51. The summed E-state index contributed by atoms with van der Waals surface area (Å²) in [6, 6.07) is 30.6. The summed E-state index contributed by atoms with van der Waals surface area (Å²) in [5.41, 5.74) is 5.87. The maximum Gasteiger partial charge on any atom is 0.175 e. The molecular formula is C29H30N2S. The zero-order chi connectivity index (χ0) is 21.6. The predicted molar refractivity (Wildman–Crippen MR) is 137 cm³/mol. The Bertz CT molecular complexity index is 1090. The Balaban J connectivity index is 1.23. The fraction of sp³-hybridized carbons (Fsp3) is 0.345. The van der Waals surface area contributed by atoms with Gasteiger partial charge in [-0.15, -0.1) is 0 Å². The van der Waals surface area contributed by atoms with Gasteiger partial charge in [0.15, 0.2) is 5.11 Å². The Hall–Kier alpha value is -2.65. The number of hydrogen-bond donors (Lipinski definition) is 2. The second kappa shape index (κ2) is 7.74. The topological polar surface area (TPSA) is 24.1 Å². The Labute approximate surface area is 196 Å². The molecule has 3 aromatic carbocycles. The molecular weight excluding hydrogens is 408 g/mol. The van der Waals surface area contributed by atoms with E-state index in [-0.39, 0.29) is 0 Å². The molecule has 0 heterocycles. The molecule has 4 aliphatic rings. The van der Waals surface area contributed by atoms with Crippen molar-refractivity contribution in [2.24, 2.45) is 11.8 Å². The first kappa shape index (κ1) is 20.0. The first-order valence-electron chi connectivity index (χ1n) is 11.9. The van der Waals surface area contributed by atoms with Crippen molar-refractivity contribution >= 4 is 28.7 Å². The molecule has 2 N–H and O–H groups in total. The second-order valence-corrected chi connectivity index (χ2v) is 10.8. The van der Waals surface area contributed by atoms with E-state index in [1.165, 1.54) is 44.1 Å². The molecule has 0 amide bonds. The van der Waals surface area contributed by atoms with Crippen LogP contribution in [0.1, 0.15) is 49.7 Å². The molecule has 7 rings (SSSR count). The average molecular weight is 439 g/mol. The molecule has 0 unspecified atom stereocenters. The van der Waals surface area contributed by atoms with Crippen LogP contribution in [0.15, 0.2) is 84.9 Å². The number of para-hydroxylation sites is 1. The van der Waals surface area contributed by atoms with Crippen molar-refractivity contribution in [1.82, 2.24) is 0 Å².